The summed E-state index contributed by atoms with van der Waals surface area (Å²) in [5, 5.41) is 35.8. The van der Waals surface area contributed by atoms with Crippen molar-refractivity contribution in [3.63, 3.8) is 0 Å². The van der Waals surface area contributed by atoms with Crippen molar-refractivity contribution in [1.82, 2.24) is 5.16 Å². The minimum atomic E-state index is -1.02. The first-order valence-electron chi connectivity index (χ1n) is 4.25. The summed E-state index contributed by atoms with van der Waals surface area (Å²) in [4.78, 5) is 19.3. The fourth-order valence-electron chi connectivity index (χ4n) is 1.51. The van der Waals surface area contributed by atoms with Gasteiger partial charge in [-0.25, -0.2) is 0 Å². The van der Waals surface area contributed by atoms with Crippen LogP contribution in [0.2, 0.25) is 0 Å². The standard InChI is InChI=1S/C6H4N6O6/c7-1-4(10(13)14)2(8)6-3(5(1)11(15)16)9-18-12(6)17/h7-8H2. The van der Waals surface area contributed by atoms with E-state index in [9.17, 15) is 25.4 Å². The van der Waals surface area contributed by atoms with E-state index < -0.39 is 43.6 Å². The predicted octanol–water partition coefficient (Wildman–Crippen LogP) is -0.558. The zero-order valence-corrected chi connectivity index (χ0v) is 8.39. The largest absolute Gasteiger partial charge is 0.389 e. The maximum absolute atomic E-state index is 11.2. The van der Waals surface area contributed by atoms with E-state index in [4.69, 9.17) is 11.5 Å². The van der Waals surface area contributed by atoms with Gasteiger partial charge in [-0.3, -0.25) is 24.9 Å². The molecule has 1 heterocycles. The number of nitro benzene ring substituents is 2. The number of nitrogens with zero attached hydrogens (tertiary/aromatic N) is 4. The van der Waals surface area contributed by atoms with Crippen molar-refractivity contribution in [2.75, 3.05) is 11.5 Å². The van der Waals surface area contributed by atoms with Crippen LogP contribution in [-0.2, 0) is 0 Å². The van der Waals surface area contributed by atoms with Gasteiger partial charge in [0.05, 0.1) is 15.0 Å². The molecule has 12 nitrogen and oxygen atoms in total. The zero-order valence-electron chi connectivity index (χ0n) is 8.39. The summed E-state index contributed by atoms with van der Waals surface area (Å²) in [6.07, 6.45) is 0. The average Bonchev–Trinajstić information content (AvgIpc) is 2.59. The highest BCUT2D eigenvalue weighted by Gasteiger charge is 2.38. The lowest BCUT2D eigenvalue weighted by atomic mass is 10.1. The first-order chi connectivity index (χ1) is 8.36. The normalized spacial score (nSPS) is 10.7. The summed E-state index contributed by atoms with van der Waals surface area (Å²) in [6.45, 7) is 0. The van der Waals surface area contributed by atoms with E-state index in [1.807, 2.05) is 0 Å². The fourth-order valence-corrected chi connectivity index (χ4v) is 1.51. The molecule has 0 saturated carbocycles. The van der Waals surface area contributed by atoms with Crippen LogP contribution < -0.4 is 16.4 Å². The number of hydrogen-bond acceptors (Lipinski definition) is 9. The fraction of sp³-hybridized carbons (Fsp3) is 0. The second-order valence-corrected chi connectivity index (χ2v) is 3.17. The zero-order chi connectivity index (χ0) is 13.6. The molecule has 1 aromatic carbocycles. The van der Waals surface area contributed by atoms with Crippen LogP contribution in [-0.4, -0.2) is 15.0 Å². The number of nitro groups is 2. The van der Waals surface area contributed by atoms with Gasteiger partial charge >= 0.3 is 16.9 Å². The Hall–Kier alpha value is -3.18. The lowest BCUT2D eigenvalue weighted by Gasteiger charge is -2.00. The van der Waals surface area contributed by atoms with Crippen LogP contribution >= 0.6 is 0 Å². The minimum absolute atomic E-state index is 0.260. The average molecular weight is 256 g/mol. The van der Waals surface area contributed by atoms with Crippen LogP contribution in [0, 0.1) is 25.4 Å². The van der Waals surface area contributed by atoms with Crippen molar-refractivity contribution < 1.29 is 19.4 Å². The SMILES string of the molecule is Nc1c([N+](=O)[O-])c(N)c2c(no[n+]2[O-])c1[N+](=O)[O-]. The Morgan fingerprint density at radius 3 is 2.17 bits per heavy atom. The van der Waals surface area contributed by atoms with Crippen molar-refractivity contribution >= 4 is 33.8 Å². The molecule has 0 atom stereocenters. The molecule has 4 N–H and O–H groups in total. The molecule has 18 heavy (non-hydrogen) atoms. The summed E-state index contributed by atoms with van der Waals surface area (Å²) < 4.78 is 4.12. The van der Waals surface area contributed by atoms with Crippen LogP contribution in [0.1, 0.15) is 0 Å². The molecular formula is C6H4N6O6. The number of fused-ring (bicyclic) bond motifs is 1. The molecule has 0 saturated heterocycles. The second-order valence-electron chi connectivity index (χ2n) is 3.17. The van der Waals surface area contributed by atoms with Gasteiger partial charge in [0.2, 0.25) is 0 Å². The third-order valence-corrected chi connectivity index (χ3v) is 2.22. The highest BCUT2D eigenvalue weighted by atomic mass is 16.8. The van der Waals surface area contributed by atoms with E-state index in [1.165, 1.54) is 0 Å². The molecule has 0 spiro atoms. The van der Waals surface area contributed by atoms with Crippen LogP contribution in [0.3, 0.4) is 0 Å². The second kappa shape index (κ2) is 3.41. The van der Waals surface area contributed by atoms with Gasteiger partial charge in [0.15, 0.2) is 11.4 Å². The Labute approximate surface area is 96.2 Å². The van der Waals surface area contributed by atoms with Crippen LogP contribution in [0.4, 0.5) is 22.7 Å². The molecule has 0 aliphatic rings. The predicted molar refractivity (Wildman–Crippen MR) is 55.1 cm³/mol. The highest BCUT2D eigenvalue weighted by molar-refractivity contribution is 6.03. The number of nitrogen functional groups attached to an aromatic ring is 2. The Kier molecular flexibility index (Phi) is 2.14. The molecule has 2 aromatic rings. The Morgan fingerprint density at radius 1 is 1.11 bits per heavy atom. The van der Waals surface area contributed by atoms with Crippen LogP contribution in [0.5, 0.6) is 0 Å². The maximum Gasteiger partial charge on any atom is 0.356 e. The van der Waals surface area contributed by atoms with E-state index in [0.29, 0.717) is 0 Å². The molecule has 0 aliphatic heterocycles. The minimum Gasteiger partial charge on any atom is -0.389 e. The van der Waals surface area contributed by atoms with E-state index >= 15 is 0 Å². The summed E-state index contributed by atoms with van der Waals surface area (Å²) in [7, 11) is 0. The van der Waals surface area contributed by atoms with Crippen molar-refractivity contribution in [2.24, 2.45) is 0 Å². The molecule has 0 aliphatic carbocycles. The Morgan fingerprint density at radius 2 is 1.67 bits per heavy atom. The number of hydrogen-bond donors (Lipinski definition) is 2. The molecule has 0 radical (unpaired) electrons. The van der Waals surface area contributed by atoms with Gasteiger partial charge in [-0.05, 0) is 4.90 Å². The summed E-state index contributed by atoms with van der Waals surface area (Å²) in [6, 6.07) is 0. The van der Waals surface area contributed by atoms with E-state index in [1.54, 1.807) is 0 Å². The van der Waals surface area contributed by atoms with Crippen molar-refractivity contribution in [3.8, 4) is 0 Å². The Bertz CT molecular complexity index is 692. The lowest BCUT2D eigenvalue weighted by molar-refractivity contribution is -0.781. The highest BCUT2D eigenvalue weighted by Crippen LogP contribution is 2.42. The number of rotatable bonds is 2. The van der Waals surface area contributed by atoms with Gasteiger partial charge in [-0.2, -0.15) is 0 Å². The number of aromatic nitrogens is 2. The summed E-state index contributed by atoms with van der Waals surface area (Å²) >= 11 is 0. The quantitative estimate of drug-likeness (QED) is 0.306. The Balaban J connectivity index is 3.08. The van der Waals surface area contributed by atoms with Gasteiger partial charge < -0.3 is 16.7 Å². The monoisotopic (exact) mass is 256 g/mol. The van der Waals surface area contributed by atoms with Crippen molar-refractivity contribution in [3.05, 3.63) is 25.4 Å². The van der Waals surface area contributed by atoms with Gasteiger partial charge in [-0.15, -0.1) is 0 Å². The third kappa shape index (κ3) is 1.25. The first-order valence-corrected chi connectivity index (χ1v) is 4.25. The van der Waals surface area contributed by atoms with E-state index in [-0.39, 0.29) is 4.90 Å². The molecule has 0 bridgehead atoms. The molecule has 2 rings (SSSR count). The maximum atomic E-state index is 11.2. The smallest absolute Gasteiger partial charge is 0.356 e. The van der Waals surface area contributed by atoms with Crippen LogP contribution in [0.25, 0.3) is 11.0 Å². The van der Waals surface area contributed by atoms with E-state index in [2.05, 4.69) is 9.79 Å². The summed E-state index contributed by atoms with van der Waals surface area (Å²) in [5.41, 5.74) is 6.26. The van der Waals surface area contributed by atoms with Gasteiger partial charge in [0.25, 0.3) is 5.52 Å². The third-order valence-electron chi connectivity index (χ3n) is 2.22. The summed E-state index contributed by atoms with van der Waals surface area (Å²) in [5.74, 6) is 0. The molecule has 0 unspecified atom stereocenters. The van der Waals surface area contributed by atoms with Gasteiger partial charge in [0.1, 0.15) is 0 Å². The molecule has 12 heteroatoms. The number of benzene rings is 1. The van der Waals surface area contributed by atoms with Gasteiger partial charge in [-0.1, -0.05) is 0 Å². The number of nitrogens with two attached hydrogens (primary N) is 2. The first kappa shape index (κ1) is 11.3. The molecule has 94 valence electrons. The van der Waals surface area contributed by atoms with E-state index in [0.717, 1.165) is 0 Å². The van der Waals surface area contributed by atoms with Crippen molar-refractivity contribution in [2.45, 2.75) is 0 Å². The molecule has 0 fully saturated rings. The molecule has 1 aromatic heterocycles. The lowest BCUT2D eigenvalue weighted by Crippen LogP contribution is -2.24. The van der Waals surface area contributed by atoms with Crippen LogP contribution in [0.15, 0.2) is 4.63 Å². The topological polar surface area (TPSA) is 191 Å². The van der Waals surface area contributed by atoms with Crippen molar-refractivity contribution in [1.29, 1.82) is 0 Å². The molecule has 0 amide bonds. The number of anilines is 2. The van der Waals surface area contributed by atoms with Gasteiger partial charge in [0, 0.05) is 0 Å². The molecular weight excluding hydrogens is 252 g/mol.